The van der Waals surface area contributed by atoms with Gasteiger partial charge >= 0.3 is 0 Å². The molecular formula is C18H23FN4O. The summed E-state index contributed by atoms with van der Waals surface area (Å²) in [6.07, 6.45) is 5.78. The van der Waals surface area contributed by atoms with E-state index in [1.807, 2.05) is 32.3 Å². The summed E-state index contributed by atoms with van der Waals surface area (Å²) in [6, 6.07) is 6.81. The third kappa shape index (κ3) is 3.64. The molecule has 1 fully saturated rings. The zero-order valence-electron chi connectivity index (χ0n) is 14.1. The second-order valence-corrected chi connectivity index (χ2v) is 6.40. The molecule has 1 amide bonds. The molecule has 1 aliphatic rings. The summed E-state index contributed by atoms with van der Waals surface area (Å²) in [5.74, 6) is -0.0786. The number of aryl methyl sites for hydroxylation is 2. The highest BCUT2D eigenvalue weighted by molar-refractivity contribution is 5.99. The first-order valence-corrected chi connectivity index (χ1v) is 8.34. The van der Waals surface area contributed by atoms with Crippen molar-refractivity contribution in [3.05, 3.63) is 48.0 Å². The minimum Gasteiger partial charge on any atom is -0.308 e. The van der Waals surface area contributed by atoms with Crippen molar-refractivity contribution in [2.75, 3.05) is 11.4 Å². The molecule has 0 unspecified atom stereocenters. The first-order chi connectivity index (χ1) is 11.5. The maximum absolute atomic E-state index is 13.7. The van der Waals surface area contributed by atoms with E-state index >= 15 is 0 Å². The van der Waals surface area contributed by atoms with Gasteiger partial charge in [-0.05, 0) is 37.8 Å². The molecule has 6 heteroatoms. The van der Waals surface area contributed by atoms with E-state index in [1.165, 1.54) is 6.07 Å². The third-order valence-corrected chi connectivity index (χ3v) is 4.50. The Bertz CT molecular complexity index is 715. The lowest BCUT2D eigenvalue weighted by Gasteiger charge is -2.19. The summed E-state index contributed by atoms with van der Waals surface area (Å²) < 4.78 is 15.4. The quantitative estimate of drug-likeness (QED) is 0.884. The van der Waals surface area contributed by atoms with Crippen LogP contribution in [0.2, 0.25) is 0 Å². The van der Waals surface area contributed by atoms with Crippen LogP contribution in [-0.2, 0) is 18.3 Å². The summed E-state index contributed by atoms with van der Waals surface area (Å²) in [4.78, 5) is 14.3. The van der Waals surface area contributed by atoms with Gasteiger partial charge in [0.15, 0.2) is 0 Å². The van der Waals surface area contributed by atoms with Crippen molar-refractivity contribution >= 4 is 11.6 Å². The average Bonchev–Trinajstić information content (AvgIpc) is 3.13. The Morgan fingerprint density at radius 1 is 1.42 bits per heavy atom. The lowest BCUT2D eigenvalue weighted by Crippen LogP contribution is -2.42. The molecule has 1 aliphatic heterocycles. The molecule has 0 radical (unpaired) electrons. The van der Waals surface area contributed by atoms with Crippen molar-refractivity contribution in [3.63, 3.8) is 0 Å². The predicted octanol–water partition coefficient (Wildman–Crippen LogP) is 2.28. The van der Waals surface area contributed by atoms with E-state index in [1.54, 1.807) is 21.8 Å². The number of benzene rings is 1. The van der Waals surface area contributed by atoms with Crippen LogP contribution in [0.15, 0.2) is 36.7 Å². The third-order valence-electron chi connectivity index (χ3n) is 4.50. The van der Waals surface area contributed by atoms with Gasteiger partial charge in [-0.1, -0.05) is 18.2 Å². The number of nitrogens with one attached hydrogen (secondary N) is 1. The maximum Gasteiger partial charge on any atom is 0.244 e. The summed E-state index contributed by atoms with van der Waals surface area (Å²) in [6.45, 7) is 2.74. The molecule has 0 bridgehead atoms. The normalized spacial score (nSPS) is 19.0. The molecule has 2 heterocycles. The Morgan fingerprint density at radius 2 is 2.21 bits per heavy atom. The van der Waals surface area contributed by atoms with E-state index in [9.17, 15) is 9.18 Å². The second kappa shape index (κ2) is 7.13. The number of aromatic nitrogens is 2. The fraction of sp³-hybridized carbons (Fsp3) is 0.444. The largest absolute Gasteiger partial charge is 0.308 e. The summed E-state index contributed by atoms with van der Waals surface area (Å²) in [5.41, 5.74) is 1.56. The average molecular weight is 330 g/mol. The number of halogens is 1. The molecule has 0 spiro atoms. The van der Waals surface area contributed by atoms with Crippen molar-refractivity contribution in [3.8, 4) is 0 Å². The lowest BCUT2D eigenvalue weighted by molar-refractivity contribution is -0.119. The molecule has 1 N–H and O–H groups in total. The van der Waals surface area contributed by atoms with Crippen molar-refractivity contribution in [1.29, 1.82) is 0 Å². The Hall–Kier alpha value is -2.21. The number of amides is 1. The van der Waals surface area contributed by atoms with E-state index in [0.717, 1.165) is 24.1 Å². The van der Waals surface area contributed by atoms with Crippen LogP contribution in [-0.4, -0.2) is 34.3 Å². The molecule has 24 heavy (non-hydrogen) atoms. The molecule has 2 atom stereocenters. The number of anilines is 1. The van der Waals surface area contributed by atoms with Crippen LogP contribution in [0.3, 0.4) is 0 Å². The fourth-order valence-corrected chi connectivity index (χ4v) is 3.14. The van der Waals surface area contributed by atoms with Gasteiger partial charge in [0.1, 0.15) is 5.82 Å². The molecule has 0 aliphatic carbocycles. The monoisotopic (exact) mass is 330 g/mol. The first kappa shape index (κ1) is 16.6. The van der Waals surface area contributed by atoms with Gasteiger partial charge in [0.05, 0.1) is 17.9 Å². The topological polar surface area (TPSA) is 50.2 Å². The van der Waals surface area contributed by atoms with Crippen molar-refractivity contribution < 1.29 is 9.18 Å². The van der Waals surface area contributed by atoms with Crippen LogP contribution >= 0.6 is 0 Å². The Labute approximate surface area is 141 Å². The standard InChI is InChI=1S/C18H23FN4O/c1-13(7-8-14-5-3-4-6-16(14)19)21-17-9-10-23(18(17)24)15-11-20-22(2)12-15/h3-6,11-13,17,21H,7-10H2,1-2H3/t13-,17-/m0/s1. The molecular weight excluding hydrogens is 307 g/mol. The predicted molar refractivity (Wildman–Crippen MR) is 91.3 cm³/mol. The molecule has 2 aromatic rings. The first-order valence-electron chi connectivity index (χ1n) is 8.34. The number of hydrogen-bond donors (Lipinski definition) is 1. The van der Waals surface area contributed by atoms with Gasteiger partial charge in [-0.2, -0.15) is 5.10 Å². The smallest absolute Gasteiger partial charge is 0.244 e. The van der Waals surface area contributed by atoms with Crippen LogP contribution in [0.25, 0.3) is 0 Å². The number of carbonyl (C=O) groups is 1. The zero-order valence-corrected chi connectivity index (χ0v) is 14.1. The minimum absolute atomic E-state index is 0.0840. The molecule has 0 saturated carbocycles. The number of carbonyl (C=O) groups excluding carboxylic acids is 1. The molecule has 1 saturated heterocycles. The Kier molecular flexibility index (Phi) is 4.94. The SMILES string of the molecule is C[C@@H](CCc1ccccc1F)N[C@H]1CCN(c2cnn(C)c2)C1=O. The van der Waals surface area contributed by atoms with E-state index in [-0.39, 0.29) is 23.8 Å². The van der Waals surface area contributed by atoms with Crippen molar-refractivity contribution in [1.82, 2.24) is 15.1 Å². The van der Waals surface area contributed by atoms with Gasteiger partial charge in [0.2, 0.25) is 5.91 Å². The summed E-state index contributed by atoms with van der Waals surface area (Å²) in [5, 5.41) is 7.50. The van der Waals surface area contributed by atoms with Crippen LogP contribution in [0.1, 0.15) is 25.3 Å². The van der Waals surface area contributed by atoms with E-state index in [0.29, 0.717) is 13.0 Å². The van der Waals surface area contributed by atoms with Gasteiger partial charge in [0, 0.05) is 25.8 Å². The van der Waals surface area contributed by atoms with Crippen LogP contribution < -0.4 is 10.2 Å². The van der Waals surface area contributed by atoms with Crippen LogP contribution in [0.4, 0.5) is 10.1 Å². The van der Waals surface area contributed by atoms with Crippen LogP contribution in [0.5, 0.6) is 0 Å². The van der Waals surface area contributed by atoms with Gasteiger partial charge in [-0.15, -0.1) is 0 Å². The van der Waals surface area contributed by atoms with E-state index < -0.39 is 0 Å². The lowest BCUT2D eigenvalue weighted by atomic mass is 10.0. The van der Waals surface area contributed by atoms with Gasteiger partial charge < -0.3 is 10.2 Å². The molecule has 128 valence electrons. The van der Waals surface area contributed by atoms with Gasteiger partial charge in [0.25, 0.3) is 0 Å². The highest BCUT2D eigenvalue weighted by Gasteiger charge is 2.33. The fourth-order valence-electron chi connectivity index (χ4n) is 3.14. The number of rotatable bonds is 6. The summed E-state index contributed by atoms with van der Waals surface area (Å²) >= 11 is 0. The summed E-state index contributed by atoms with van der Waals surface area (Å²) in [7, 11) is 1.84. The second-order valence-electron chi connectivity index (χ2n) is 6.40. The minimum atomic E-state index is -0.180. The van der Waals surface area contributed by atoms with Crippen LogP contribution in [0, 0.1) is 5.82 Å². The Balaban J connectivity index is 1.53. The van der Waals surface area contributed by atoms with Gasteiger partial charge in [-0.25, -0.2) is 4.39 Å². The zero-order chi connectivity index (χ0) is 17.1. The van der Waals surface area contributed by atoms with Gasteiger partial charge in [-0.3, -0.25) is 9.48 Å². The molecule has 1 aromatic heterocycles. The van der Waals surface area contributed by atoms with E-state index in [4.69, 9.17) is 0 Å². The van der Waals surface area contributed by atoms with E-state index in [2.05, 4.69) is 10.4 Å². The van der Waals surface area contributed by atoms with Crippen molar-refractivity contribution in [2.45, 2.75) is 38.3 Å². The number of nitrogens with zero attached hydrogens (tertiary/aromatic N) is 3. The molecule has 3 rings (SSSR count). The maximum atomic E-state index is 13.7. The molecule has 5 nitrogen and oxygen atoms in total. The Morgan fingerprint density at radius 3 is 2.92 bits per heavy atom. The molecule has 1 aromatic carbocycles. The highest BCUT2D eigenvalue weighted by Crippen LogP contribution is 2.21. The number of hydrogen-bond acceptors (Lipinski definition) is 3. The van der Waals surface area contributed by atoms with Crippen molar-refractivity contribution in [2.24, 2.45) is 7.05 Å². The highest BCUT2D eigenvalue weighted by atomic mass is 19.1.